The van der Waals surface area contributed by atoms with Crippen LogP contribution in [0.1, 0.15) is 5.76 Å². The number of hydrogen-bond donors (Lipinski definition) is 2. The molecular weight excluding hydrogens is 258 g/mol. The first-order chi connectivity index (χ1) is 8.45. The van der Waals surface area contributed by atoms with Gasteiger partial charge in [-0.25, -0.2) is 13.4 Å². The molecule has 0 amide bonds. The van der Waals surface area contributed by atoms with Gasteiger partial charge in [-0.2, -0.15) is 0 Å². The number of hydrogen-bond acceptors (Lipinski definition) is 6. The molecule has 0 aliphatic heterocycles. The quantitative estimate of drug-likeness (QED) is 0.504. The van der Waals surface area contributed by atoms with E-state index in [9.17, 15) is 8.42 Å². The van der Waals surface area contributed by atoms with Crippen molar-refractivity contribution in [2.45, 2.75) is 11.6 Å². The van der Waals surface area contributed by atoms with E-state index in [0.717, 1.165) is 0 Å². The SMILES string of the molecule is COCCNCc1ccc(S(=O)(=O)NN(C)C)o1. The first kappa shape index (κ1) is 15.1. The van der Waals surface area contributed by atoms with Gasteiger partial charge in [-0.05, 0) is 12.1 Å². The maximum absolute atomic E-state index is 11.7. The fourth-order valence-corrected chi connectivity index (χ4v) is 2.30. The molecule has 7 nitrogen and oxygen atoms in total. The van der Waals surface area contributed by atoms with Gasteiger partial charge in [0.05, 0.1) is 13.2 Å². The molecule has 0 radical (unpaired) electrons. The number of methoxy groups -OCH3 is 1. The van der Waals surface area contributed by atoms with E-state index in [1.165, 1.54) is 11.1 Å². The molecule has 0 unspecified atom stereocenters. The second kappa shape index (κ2) is 6.86. The lowest BCUT2D eigenvalue weighted by atomic mass is 10.4. The Morgan fingerprint density at radius 2 is 2.11 bits per heavy atom. The van der Waals surface area contributed by atoms with E-state index in [1.54, 1.807) is 27.3 Å². The summed E-state index contributed by atoms with van der Waals surface area (Å²) in [6.45, 7) is 1.73. The molecule has 1 heterocycles. The fourth-order valence-electron chi connectivity index (χ4n) is 1.27. The summed E-state index contributed by atoms with van der Waals surface area (Å²) in [6.07, 6.45) is 0. The van der Waals surface area contributed by atoms with E-state index < -0.39 is 10.0 Å². The molecule has 0 bridgehead atoms. The Labute approximate surface area is 107 Å². The van der Waals surface area contributed by atoms with Crippen LogP contribution in [0.25, 0.3) is 0 Å². The molecule has 104 valence electrons. The van der Waals surface area contributed by atoms with Crippen LogP contribution in [0.15, 0.2) is 21.6 Å². The Balaban J connectivity index is 2.57. The van der Waals surface area contributed by atoms with Crippen LogP contribution in [0.2, 0.25) is 0 Å². The first-order valence-corrected chi connectivity index (χ1v) is 6.92. The van der Waals surface area contributed by atoms with Crippen LogP contribution in [0, 0.1) is 0 Å². The van der Waals surface area contributed by atoms with Crippen LogP contribution in [0.3, 0.4) is 0 Å². The van der Waals surface area contributed by atoms with Crippen LogP contribution in [-0.2, 0) is 21.3 Å². The van der Waals surface area contributed by atoms with Crippen LogP contribution >= 0.6 is 0 Å². The summed E-state index contributed by atoms with van der Waals surface area (Å²) in [7, 11) is 1.18. The highest BCUT2D eigenvalue weighted by Gasteiger charge is 2.19. The molecule has 2 N–H and O–H groups in total. The van der Waals surface area contributed by atoms with E-state index in [1.807, 2.05) is 0 Å². The van der Waals surface area contributed by atoms with Gasteiger partial charge in [-0.3, -0.25) is 0 Å². The van der Waals surface area contributed by atoms with Gasteiger partial charge < -0.3 is 14.5 Å². The molecule has 0 aromatic carbocycles. The van der Waals surface area contributed by atoms with Gasteiger partial charge in [0.15, 0.2) is 0 Å². The highest BCUT2D eigenvalue weighted by Crippen LogP contribution is 2.13. The lowest BCUT2D eigenvalue weighted by molar-refractivity contribution is 0.198. The molecule has 0 aliphatic carbocycles. The van der Waals surface area contributed by atoms with E-state index in [4.69, 9.17) is 9.15 Å². The van der Waals surface area contributed by atoms with Crippen molar-refractivity contribution in [3.8, 4) is 0 Å². The van der Waals surface area contributed by atoms with Gasteiger partial charge in [0.25, 0.3) is 10.0 Å². The van der Waals surface area contributed by atoms with Crippen LogP contribution in [-0.4, -0.2) is 47.8 Å². The lowest BCUT2D eigenvalue weighted by Crippen LogP contribution is -2.35. The molecule has 1 aromatic heterocycles. The zero-order valence-corrected chi connectivity index (χ0v) is 11.6. The van der Waals surface area contributed by atoms with Crippen molar-refractivity contribution in [1.29, 1.82) is 0 Å². The number of nitrogens with one attached hydrogen (secondary N) is 2. The Bertz CT molecular complexity index is 455. The van der Waals surface area contributed by atoms with Gasteiger partial charge in [0, 0.05) is 27.7 Å². The number of ether oxygens (including phenoxy) is 1. The van der Waals surface area contributed by atoms with Crippen LogP contribution in [0.4, 0.5) is 0 Å². The Hall–Kier alpha value is -0.930. The highest BCUT2D eigenvalue weighted by molar-refractivity contribution is 7.89. The molecule has 0 saturated carbocycles. The zero-order valence-electron chi connectivity index (χ0n) is 10.8. The minimum atomic E-state index is -3.62. The van der Waals surface area contributed by atoms with Crippen molar-refractivity contribution in [1.82, 2.24) is 15.2 Å². The average molecular weight is 277 g/mol. The molecule has 0 atom stereocenters. The summed E-state index contributed by atoms with van der Waals surface area (Å²) in [4.78, 5) is 2.30. The molecule has 0 spiro atoms. The lowest BCUT2D eigenvalue weighted by Gasteiger charge is -2.10. The van der Waals surface area contributed by atoms with Crippen LogP contribution in [0.5, 0.6) is 0 Å². The van der Waals surface area contributed by atoms with E-state index >= 15 is 0 Å². The van der Waals surface area contributed by atoms with E-state index in [-0.39, 0.29) is 5.09 Å². The molecule has 8 heteroatoms. The third kappa shape index (κ3) is 4.75. The number of hydrazine groups is 1. The molecule has 18 heavy (non-hydrogen) atoms. The molecular formula is C10H19N3O4S. The van der Waals surface area contributed by atoms with Gasteiger partial charge >= 0.3 is 0 Å². The smallest absolute Gasteiger partial charge is 0.286 e. The summed E-state index contributed by atoms with van der Waals surface area (Å²) in [5, 5.41) is 4.31. The van der Waals surface area contributed by atoms with E-state index in [2.05, 4.69) is 10.1 Å². The maximum Gasteiger partial charge on any atom is 0.286 e. The van der Waals surface area contributed by atoms with Crippen molar-refractivity contribution in [3.05, 3.63) is 17.9 Å². The second-order valence-electron chi connectivity index (χ2n) is 3.88. The normalized spacial score (nSPS) is 12.2. The van der Waals surface area contributed by atoms with Crippen molar-refractivity contribution < 1.29 is 17.6 Å². The van der Waals surface area contributed by atoms with Gasteiger partial charge in [0.1, 0.15) is 5.76 Å². The molecule has 1 aromatic rings. The Morgan fingerprint density at radius 1 is 1.39 bits per heavy atom. The molecule has 1 rings (SSSR count). The average Bonchev–Trinajstić information content (AvgIpc) is 2.72. The fraction of sp³-hybridized carbons (Fsp3) is 0.600. The van der Waals surface area contributed by atoms with E-state index in [0.29, 0.717) is 25.5 Å². The standard InChI is InChI=1S/C10H19N3O4S/c1-13(2)12-18(14,15)10-5-4-9(17-10)8-11-6-7-16-3/h4-5,11-12H,6-8H2,1-3H3. The van der Waals surface area contributed by atoms with Crippen molar-refractivity contribution >= 4 is 10.0 Å². The Kier molecular flexibility index (Phi) is 5.76. The van der Waals surface area contributed by atoms with Crippen molar-refractivity contribution in [2.75, 3.05) is 34.4 Å². The summed E-state index contributed by atoms with van der Waals surface area (Å²) in [6, 6.07) is 3.06. The summed E-state index contributed by atoms with van der Waals surface area (Å²) in [5.41, 5.74) is 0. The second-order valence-corrected chi connectivity index (χ2v) is 5.47. The highest BCUT2D eigenvalue weighted by atomic mass is 32.2. The topological polar surface area (TPSA) is 83.8 Å². The summed E-state index contributed by atoms with van der Waals surface area (Å²) >= 11 is 0. The predicted molar refractivity (Wildman–Crippen MR) is 66.3 cm³/mol. The first-order valence-electron chi connectivity index (χ1n) is 5.44. The number of nitrogens with zero attached hydrogens (tertiary/aromatic N) is 1. The maximum atomic E-state index is 11.7. The van der Waals surface area contributed by atoms with Crippen LogP contribution < -0.4 is 10.1 Å². The van der Waals surface area contributed by atoms with Gasteiger partial charge in [-0.15, -0.1) is 4.83 Å². The minimum Gasteiger partial charge on any atom is -0.447 e. The van der Waals surface area contributed by atoms with Crippen molar-refractivity contribution in [3.63, 3.8) is 0 Å². The summed E-state index contributed by atoms with van der Waals surface area (Å²) < 4.78 is 33.6. The third-order valence-electron chi connectivity index (χ3n) is 1.99. The third-order valence-corrected chi connectivity index (χ3v) is 3.34. The zero-order chi connectivity index (χ0) is 13.6. The Morgan fingerprint density at radius 3 is 2.72 bits per heavy atom. The molecule has 0 aliphatic rings. The number of furan rings is 1. The largest absolute Gasteiger partial charge is 0.447 e. The number of rotatable bonds is 8. The molecule has 0 fully saturated rings. The van der Waals surface area contributed by atoms with Crippen molar-refractivity contribution in [2.24, 2.45) is 0 Å². The molecule has 0 saturated heterocycles. The predicted octanol–water partition coefficient (Wildman–Crippen LogP) is -0.229. The van der Waals surface area contributed by atoms with Gasteiger partial charge in [-0.1, -0.05) is 0 Å². The van der Waals surface area contributed by atoms with Gasteiger partial charge in [0.2, 0.25) is 5.09 Å². The number of sulfonamides is 1. The summed E-state index contributed by atoms with van der Waals surface area (Å²) in [5.74, 6) is 0.560. The minimum absolute atomic E-state index is 0.0975. The monoisotopic (exact) mass is 277 g/mol.